The molecule has 0 saturated carbocycles. The number of pyridine rings is 1. The second-order valence-corrected chi connectivity index (χ2v) is 15.9. The number of ketones is 3. The summed E-state index contributed by atoms with van der Waals surface area (Å²) in [5.74, 6) is -0.884. The Morgan fingerprint density at radius 3 is 1.13 bits per heavy atom. The highest BCUT2D eigenvalue weighted by Gasteiger charge is 2.36. The molecule has 1 aromatic heterocycles. The van der Waals surface area contributed by atoms with Crippen LogP contribution in [0.4, 0.5) is 0 Å². The van der Waals surface area contributed by atoms with E-state index in [-0.39, 0.29) is 23.9 Å². The molecule has 0 spiro atoms. The van der Waals surface area contributed by atoms with Gasteiger partial charge in [0.2, 0.25) is 0 Å². The molecule has 1 aliphatic rings. The molecule has 0 bridgehead atoms. The third kappa shape index (κ3) is 11.7. The highest BCUT2D eigenvalue weighted by molar-refractivity contribution is 6.21. The van der Waals surface area contributed by atoms with Crippen molar-refractivity contribution in [3.63, 3.8) is 0 Å². The van der Waals surface area contributed by atoms with Crippen molar-refractivity contribution in [2.24, 2.45) is 0 Å². The van der Waals surface area contributed by atoms with Crippen molar-refractivity contribution >= 4 is 59.5 Å². The van der Waals surface area contributed by atoms with Gasteiger partial charge in [0.05, 0.1) is 5.70 Å². The number of allylic oxidation sites excluding steroid dienone is 7. The van der Waals surface area contributed by atoms with E-state index in [9.17, 15) is 0 Å². The predicted molar refractivity (Wildman–Crippen MR) is 276 cm³/mol. The number of carbonyl (C=O) groups excluding carboxylic acids is 3. The predicted octanol–water partition coefficient (Wildman–Crippen LogP) is 13.1. The van der Waals surface area contributed by atoms with Gasteiger partial charge in [0.25, 0.3) is 0 Å². The van der Waals surface area contributed by atoms with Crippen LogP contribution in [0.3, 0.4) is 0 Å². The van der Waals surface area contributed by atoms with Crippen LogP contribution in [0, 0.1) is 0 Å². The monoisotopic (exact) mass is 868 g/mol. The Bertz CT molecular complexity index is 3090. The molecule has 6 aromatic carbocycles. The zero-order valence-corrected chi connectivity index (χ0v) is 37.2. The number of aromatic nitrogens is 1. The SMILES string of the molecule is CN1CC(C(=Cc2ccccc2)C(=O)C=Cc2ccccc2)=C(C(=Cc2ccccc2)C(=O)C=Cc2ccccc2)C(C(=Cc2ccccc2)C(=O)C=Cc2ccccc2)=C1c1cccnc1. The zero-order valence-electron chi connectivity index (χ0n) is 37.2. The first-order valence-corrected chi connectivity index (χ1v) is 22.1. The van der Waals surface area contributed by atoms with E-state index in [0.717, 1.165) is 38.9 Å². The third-order valence-electron chi connectivity index (χ3n) is 11.2. The second kappa shape index (κ2) is 22.2. The van der Waals surface area contributed by atoms with Crippen LogP contribution in [0.5, 0.6) is 0 Å². The molecule has 1 aliphatic heterocycles. The average molecular weight is 869 g/mol. The smallest absolute Gasteiger partial charge is 0.186 e. The number of hydrogen-bond donors (Lipinski definition) is 0. The minimum absolute atomic E-state index is 0.196. The summed E-state index contributed by atoms with van der Waals surface area (Å²) in [5.41, 5.74) is 8.77. The van der Waals surface area contributed by atoms with Crippen LogP contribution in [-0.4, -0.2) is 40.8 Å². The molecule has 7 aromatic rings. The molecule has 0 aliphatic carbocycles. The highest BCUT2D eigenvalue weighted by Crippen LogP contribution is 2.45. The van der Waals surface area contributed by atoms with E-state index in [1.807, 2.05) is 219 Å². The Labute approximate surface area is 392 Å². The molecule has 2 heterocycles. The molecule has 0 unspecified atom stereocenters. The summed E-state index contributed by atoms with van der Waals surface area (Å²) in [6.07, 6.45) is 19.2. The summed E-state index contributed by atoms with van der Waals surface area (Å²) < 4.78 is 0. The minimum atomic E-state index is -0.314. The summed E-state index contributed by atoms with van der Waals surface area (Å²) in [6.45, 7) is 0.196. The topological polar surface area (TPSA) is 67.3 Å². The maximum absolute atomic E-state index is 15.5. The van der Waals surface area contributed by atoms with Gasteiger partial charge in [-0.05, 0) is 87.5 Å². The largest absolute Gasteiger partial charge is 0.369 e. The van der Waals surface area contributed by atoms with Gasteiger partial charge in [-0.3, -0.25) is 19.4 Å². The number of nitrogens with zero attached hydrogens (tertiary/aromatic N) is 2. The summed E-state index contributed by atoms with van der Waals surface area (Å²) >= 11 is 0. The molecular formula is C62H48N2O3. The van der Waals surface area contributed by atoms with E-state index >= 15 is 14.4 Å². The van der Waals surface area contributed by atoms with E-state index in [4.69, 9.17) is 0 Å². The van der Waals surface area contributed by atoms with E-state index in [0.29, 0.717) is 39.1 Å². The maximum atomic E-state index is 15.5. The Balaban J connectivity index is 1.51. The standard InChI is InChI=1S/C62H48N2O3/c1-64-45-56(53(41-49-27-14-5-15-28-49)57(65)37-34-46-21-8-2-9-22-46)60(54(42-50-29-16-6-17-30-50)58(66)38-35-47-23-10-3-11-24-47)61(62(64)52-33-20-40-63-44-52)55(43-51-31-18-7-19-32-51)59(67)39-36-48-25-12-4-13-26-48/h2-44H,45H2,1H3. The zero-order chi connectivity index (χ0) is 46.2. The van der Waals surface area contributed by atoms with E-state index in [1.165, 1.54) is 0 Å². The molecule has 324 valence electrons. The average Bonchev–Trinajstić information content (AvgIpc) is 3.38. The fourth-order valence-corrected chi connectivity index (χ4v) is 7.97. The van der Waals surface area contributed by atoms with Gasteiger partial charge in [-0.2, -0.15) is 0 Å². The molecule has 8 rings (SSSR count). The first kappa shape index (κ1) is 44.8. The molecule has 0 fully saturated rings. The van der Waals surface area contributed by atoms with Gasteiger partial charge in [-0.25, -0.2) is 0 Å². The molecule has 0 radical (unpaired) electrons. The van der Waals surface area contributed by atoms with Crippen LogP contribution in [0.1, 0.15) is 38.9 Å². The van der Waals surface area contributed by atoms with Crippen molar-refractivity contribution in [1.82, 2.24) is 9.88 Å². The lowest BCUT2D eigenvalue weighted by Crippen LogP contribution is -2.31. The minimum Gasteiger partial charge on any atom is -0.369 e. The first-order chi connectivity index (χ1) is 32.9. The molecule has 0 saturated heterocycles. The van der Waals surface area contributed by atoms with Gasteiger partial charge < -0.3 is 4.90 Å². The molecule has 0 amide bonds. The lowest BCUT2D eigenvalue weighted by molar-refractivity contribution is -0.112. The normalized spacial score (nSPS) is 13.8. The van der Waals surface area contributed by atoms with E-state index < -0.39 is 0 Å². The van der Waals surface area contributed by atoms with Gasteiger partial charge in [0, 0.05) is 59.4 Å². The summed E-state index contributed by atoms with van der Waals surface area (Å²) in [7, 11) is 1.95. The molecular weight excluding hydrogens is 821 g/mol. The number of benzene rings is 6. The quantitative estimate of drug-likeness (QED) is 0.0905. The number of carbonyl (C=O) groups is 3. The molecule has 5 heteroatoms. The first-order valence-electron chi connectivity index (χ1n) is 22.1. The second-order valence-electron chi connectivity index (χ2n) is 15.9. The van der Waals surface area contributed by atoms with Crippen molar-refractivity contribution in [2.75, 3.05) is 13.6 Å². The lowest BCUT2D eigenvalue weighted by atomic mass is 9.76. The van der Waals surface area contributed by atoms with Gasteiger partial charge in [0.1, 0.15) is 0 Å². The van der Waals surface area contributed by atoms with Crippen LogP contribution in [0.25, 0.3) is 42.2 Å². The van der Waals surface area contributed by atoms with Crippen LogP contribution in [0.2, 0.25) is 0 Å². The molecule has 5 nitrogen and oxygen atoms in total. The van der Waals surface area contributed by atoms with Crippen molar-refractivity contribution in [1.29, 1.82) is 0 Å². The number of rotatable bonds is 16. The van der Waals surface area contributed by atoms with E-state index in [1.54, 1.807) is 48.8 Å². The van der Waals surface area contributed by atoms with Crippen LogP contribution < -0.4 is 0 Å². The van der Waals surface area contributed by atoms with Gasteiger partial charge >= 0.3 is 0 Å². The summed E-state index contributed by atoms with van der Waals surface area (Å²) in [6, 6.07) is 61.8. The van der Waals surface area contributed by atoms with Crippen molar-refractivity contribution < 1.29 is 14.4 Å². The Morgan fingerprint density at radius 1 is 0.418 bits per heavy atom. The highest BCUT2D eigenvalue weighted by atomic mass is 16.1. The Kier molecular flexibility index (Phi) is 14.8. The van der Waals surface area contributed by atoms with Crippen molar-refractivity contribution in [3.8, 4) is 0 Å². The van der Waals surface area contributed by atoms with E-state index in [2.05, 4.69) is 9.88 Å². The molecule has 67 heavy (non-hydrogen) atoms. The summed E-state index contributed by atoms with van der Waals surface area (Å²) in [4.78, 5) is 52.7. The lowest BCUT2D eigenvalue weighted by Gasteiger charge is -2.36. The number of likely N-dealkylation sites (N-methyl/N-ethyl adjacent to an activating group) is 1. The maximum Gasteiger partial charge on any atom is 0.186 e. The van der Waals surface area contributed by atoms with Gasteiger partial charge in [-0.15, -0.1) is 0 Å². The van der Waals surface area contributed by atoms with Crippen molar-refractivity contribution in [2.45, 2.75) is 0 Å². The Morgan fingerprint density at radius 2 is 0.761 bits per heavy atom. The van der Waals surface area contributed by atoms with Crippen molar-refractivity contribution in [3.05, 3.63) is 297 Å². The summed E-state index contributed by atoms with van der Waals surface area (Å²) in [5, 5.41) is 0. The fourth-order valence-electron chi connectivity index (χ4n) is 7.97. The fraction of sp³-hybridized carbons (Fsp3) is 0.0323. The van der Waals surface area contributed by atoms with Gasteiger partial charge in [-0.1, -0.05) is 200 Å². The van der Waals surface area contributed by atoms with Crippen LogP contribution in [-0.2, 0) is 14.4 Å². The van der Waals surface area contributed by atoms with Crippen LogP contribution in [0.15, 0.2) is 258 Å². The molecule has 0 atom stereocenters. The third-order valence-corrected chi connectivity index (χ3v) is 11.2. The number of hydrogen-bond acceptors (Lipinski definition) is 5. The van der Waals surface area contributed by atoms with Gasteiger partial charge in [0.15, 0.2) is 17.3 Å². The van der Waals surface area contributed by atoms with Crippen LogP contribution >= 0.6 is 0 Å². The molecule has 0 N–H and O–H groups in total. The Hall–Kier alpha value is -8.80.